The van der Waals surface area contributed by atoms with Crippen LogP contribution in [0.1, 0.15) is 37.6 Å². The summed E-state index contributed by atoms with van der Waals surface area (Å²) in [5.41, 5.74) is 2.92. The summed E-state index contributed by atoms with van der Waals surface area (Å²) in [6.45, 7) is 5.58. The Morgan fingerprint density at radius 1 is 1.14 bits per heavy atom. The van der Waals surface area contributed by atoms with E-state index in [2.05, 4.69) is 40.4 Å². The lowest BCUT2D eigenvalue weighted by molar-refractivity contribution is -0.0810. The van der Waals surface area contributed by atoms with E-state index in [1.165, 1.54) is 30.4 Å². The molecule has 0 radical (unpaired) electrons. The summed E-state index contributed by atoms with van der Waals surface area (Å²) in [4.78, 5) is 14.0. The maximum absolute atomic E-state index is 6.17. The number of anilines is 1. The lowest BCUT2D eigenvalue weighted by Crippen LogP contribution is -2.39. The van der Waals surface area contributed by atoms with Gasteiger partial charge in [-0.2, -0.15) is 4.98 Å². The van der Waals surface area contributed by atoms with Crippen molar-refractivity contribution in [3.05, 3.63) is 29.4 Å². The molecule has 1 aromatic carbocycles. The lowest BCUT2D eigenvalue weighted by atomic mass is 9.87. The van der Waals surface area contributed by atoms with E-state index in [0.29, 0.717) is 31.1 Å². The zero-order valence-corrected chi connectivity index (χ0v) is 17.7. The van der Waals surface area contributed by atoms with Crippen molar-refractivity contribution in [2.24, 2.45) is 5.92 Å². The number of hydrogen-bond donors (Lipinski definition) is 1. The Kier molecular flexibility index (Phi) is 5.09. The normalized spacial score (nSPS) is 22.4. The predicted octanol–water partition coefficient (Wildman–Crippen LogP) is 4.83. The molecule has 1 aliphatic carbocycles. The van der Waals surface area contributed by atoms with Crippen molar-refractivity contribution in [2.45, 2.75) is 51.7 Å². The molecule has 0 spiro atoms. The van der Waals surface area contributed by atoms with Crippen LogP contribution in [0.15, 0.2) is 24.4 Å². The summed E-state index contributed by atoms with van der Waals surface area (Å²) in [6, 6.07) is 6.74. The summed E-state index contributed by atoms with van der Waals surface area (Å²) in [7, 11) is 0. The van der Waals surface area contributed by atoms with Gasteiger partial charge in [-0.25, -0.2) is 9.97 Å². The number of nitrogens with zero attached hydrogens (tertiary/aromatic N) is 3. The van der Waals surface area contributed by atoms with E-state index >= 15 is 0 Å². The molecule has 3 heterocycles. The van der Waals surface area contributed by atoms with Gasteiger partial charge in [0.1, 0.15) is 6.10 Å². The van der Waals surface area contributed by atoms with E-state index in [1.807, 2.05) is 13.1 Å². The van der Waals surface area contributed by atoms with Gasteiger partial charge >= 0.3 is 0 Å². The second kappa shape index (κ2) is 7.88. The number of fused-ring (bicyclic) bond motifs is 1. The molecular weight excluding hydrogens is 384 g/mol. The highest BCUT2D eigenvalue weighted by molar-refractivity contribution is 7.18. The summed E-state index contributed by atoms with van der Waals surface area (Å²) < 4.78 is 12.6. The number of hydrogen-bond acceptors (Lipinski definition) is 7. The van der Waals surface area contributed by atoms with Crippen LogP contribution >= 0.6 is 11.3 Å². The molecule has 6 nitrogen and oxygen atoms in total. The van der Waals surface area contributed by atoms with Gasteiger partial charge in [0.2, 0.25) is 11.8 Å². The molecule has 1 saturated carbocycles. The van der Waals surface area contributed by atoms with Gasteiger partial charge < -0.3 is 14.8 Å². The molecular formula is C22H26N4O2S. The molecule has 2 fully saturated rings. The molecule has 1 N–H and O–H groups in total. The summed E-state index contributed by atoms with van der Waals surface area (Å²) in [5, 5.41) is 4.59. The molecule has 0 amide bonds. The van der Waals surface area contributed by atoms with Crippen LogP contribution < -0.4 is 10.1 Å². The van der Waals surface area contributed by atoms with Crippen LogP contribution in [-0.2, 0) is 4.74 Å². The number of nitrogens with one attached hydrogen (secondary N) is 1. The minimum atomic E-state index is 0.0530. The summed E-state index contributed by atoms with van der Waals surface area (Å²) in [6.07, 6.45) is 6.77. The van der Waals surface area contributed by atoms with Gasteiger partial charge in [-0.3, -0.25) is 0 Å². The molecule has 5 rings (SSSR count). The van der Waals surface area contributed by atoms with Crippen LogP contribution in [-0.4, -0.2) is 40.3 Å². The van der Waals surface area contributed by atoms with Crippen LogP contribution in [0, 0.1) is 12.8 Å². The van der Waals surface area contributed by atoms with Crippen molar-refractivity contribution >= 4 is 27.5 Å². The topological polar surface area (TPSA) is 69.2 Å². The first-order valence-electron chi connectivity index (χ1n) is 10.4. The fourth-order valence-electron chi connectivity index (χ4n) is 3.96. The van der Waals surface area contributed by atoms with E-state index in [0.717, 1.165) is 27.6 Å². The number of rotatable bonds is 5. The predicted molar refractivity (Wildman–Crippen MR) is 116 cm³/mol. The second-order valence-electron chi connectivity index (χ2n) is 8.21. The Morgan fingerprint density at radius 2 is 1.97 bits per heavy atom. The van der Waals surface area contributed by atoms with Crippen molar-refractivity contribution in [3.63, 3.8) is 0 Å². The quantitative estimate of drug-likeness (QED) is 0.650. The number of aromatic nitrogens is 3. The van der Waals surface area contributed by atoms with E-state index in [1.54, 1.807) is 11.3 Å². The maximum atomic E-state index is 6.17. The van der Waals surface area contributed by atoms with E-state index in [-0.39, 0.29) is 6.10 Å². The smallest absolute Gasteiger partial charge is 0.226 e. The molecule has 2 aliphatic rings. The Balaban J connectivity index is 1.44. The average Bonchev–Trinajstić information content (AvgIpc) is 3.06. The number of thiazole rings is 1. The molecule has 1 saturated heterocycles. The Hall–Kier alpha value is -2.25. The van der Waals surface area contributed by atoms with Crippen molar-refractivity contribution in [1.82, 2.24) is 15.0 Å². The minimum Gasteiger partial charge on any atom is -0.469 e. The molecule has 3 aromatic rings. The van der Waals surface area contributed by atoms with Crippen LogP contribution in [0.4, 0.5) is 5.95 Å². The number of benzene rings is 1. The Bertz CT molecular complexity index is 1010. The monoisotopic (exact) mass is 410 g/mol. The van der Waals surface area contributed by atoms with Crippen LogP contribution in [0.2, 0.25) is 0 Å². The zero-order valence-electron chi connectivity index (χ0n) is 16.9. The van der Waals surface area contributed by atoms with Crippen molar-refractivity contribution < 1.29 is 9.47 Å². The average molecular weight is 411 g/mol. The van der Waals surface area contributed by atoms with Gasteiger partial charge in [-0.1, -0.05) is 13.0 Å². The van der Waals surface area contributed by atoms with E-state index in [9.17, 15) is 0 Å². The van der Waals surface area contributed by atoms with Crippen LogP contribution in [0.3, 0.4) is 0 Å². The molecule has 29 heavy (non-hydrogen) atoms. The first kappa shape index (κ1) is 18.8. The third-order valence-corrected chi connectivity index (χ3v) is 6.75. The SMILES string of the molecule is Cc1nc2cc(-c3cnc(N[C@H]4CC[C@H](C)CC4)nc3OC3COC3)ccc2s1. The highest BCUT2D eigenvalue weighted by Crippen LogP contribution is 2.34. The number of aryl methyl sites for hydroxylation is 1. The third-order valence-electron chi connectivity index (χ3n) is 5.79. The summed E-state index contributed by atoms with van der Waals surface area (Å²) >= 11 is 1.71. The third kappa shape index (κ3) is 4.07. The van der Waals surface area contributed by atoms with Crippen molar-refractivity contribution in [1.29, 1.82) is 0 Å². The van der Waals surface area contributed by atoms with Gasteiger partial charge in [-0.15, -0.1) is 11.3 Å². The largest absolute Gasteiger partial charge is 0.469 e. The van der Waals surface area contributed by atoms with Crippen LogP contribution in [0.25, 0.3) is 21.3 Å². The van der Waals surface area contributed by atoms with Gasteiger partial charge in [0.15, 0.2) is 0 Å². The standard InChI is InChI=1S/C22H26N4O2S/c1-13-3-6-16(7-4-13)25-22-23-10-18(21(26-22)28-17-11-27-12-17)15-5-8-20-19(9-15)24-14(2)29-20/h5,8-10,13,16-17H,3-4,6-7,11-12H2,1-2H3,(H,23,25,26)/t13-,16-. The van der Waals surface area contributed by atoms with Gasteiger partial charge in [0, 0.05) is 12.2 Å². The molecule has 2 aromatic heterocycles. The Labute approximate surface area is 174 Å². The second-order valence-corrected chi connectivity index (χ2v) is 9.44. The summed E-state index contributed by atoms with van der Waals surface area (Å²) in [5.74, 6) is 2.08. The molecule has 7 heteroatoms. The van der Waals surface area contributed by atoms with Crippen LogP contribution in [0.5, 0.6) is 5.88 Å². The fourth-order valence-corrected chi connectivity index (χ4v) is 4.77. The van der Waals surface area contributed by atoms with Gasteiger partial charge in [-0.05, 0) is 56.2 Å². The van der Waals surface area contributed by atoms with E-state index < -0.39 is 0 Å². The highest BCUT2D eigenvalue weighted by Gasteiger charge is 2.24. The van der Waals surface area contributed by atoms with E-state index in [4.69, 9.17) is 14.5 Å². The lowest BCUT2D eigenvalue weighted by Gasteiger charge is -2.28. The van der Waals surface area contributed by atoms with Crippen molar-refractivity contribution in [2.75, 3.05) is 18.5 Å². The molecule has 0 atom stereocenters. The molecule has 0 bridgehead atoms. The van der Waals surface area contributed by atoms with Gasteiger partial charge in [0.05, 0.1) is 34.0 Å². The zero-order chi connectivity index (χ0) is 19.8. The van der Waals surface area contributed by atoms with Crippen molar-refractivity contribution in [3.8, 4) is 17.0 Å². The maximum Gasteiger partial charge on any atom is 0.226 e. The highest BCUT2D eigenvalue weighted by atomic mass is 32.1. The number of ether oxygens (including phenoxy) is 2. The minimum absolute atomic E-state index is 0.0530. The fraction of sp³-hybridized carbons (Fsp3) is 0.500. The first-order valence-corrected chi connectivity index (χ1v) is 11.2. The molecule has 0 unspecified atom stereocenters. The van der Waals surface area contributed by atoms with Gasteiger partial charge in [0.25, 0.3) is 0 Å². The molecule has 152 valence electrons. The Morgan fingerprint density at radius 3 is 2.72 bits per heavy atom. The first-order chi connectivity index (χ1) is 14.1. The molecule has 1 aliphatic heterocycles.